The van der Waals surface area contributed by atoms with Gasteiger partial charge in [-0.05, 0) is 60.7 Å². The number of benzene rings is 2. The molecular weight excluding hydrogens is 396 g/mol. The second-order valence-electron chi connectivity index (χ2n) is 7.61. The van der Waals surface area contributed by atoms with Gasteiger partial charge in [-0.15, -0.1) is 10.2 Å². The van der Waals surface area contributed by atoms with E-state index in [1.165, 1.54) is 22.9 Å². The number of carbonyl (C=O) groups excluding carboxylic acids is 1. The lowest BCUT2D eigenvalue weighted by Gasteiger charge is -2.09. The number of hydrogen-bond acceptors (Lipinski definition) is 5. The molecule has 1 aromatic heterocycles. The van der Waals surface area contributed by atoms with Crippen molar-refractivity contribution in [3.8, 4) is 5.75 Å². The van der Waals surface area contributed by atoms with Gasteiger partial charge in [-0.25, -0.2) is 0 Å². The number of carbonyl (C=O) groups is 1. The van der Waals surface area contributed by atoms with Crippen molar-refractivity contribution in [3.63, 3.8) is 0 Å². The van der Waals surface area contributed by atoms with Gasteiger partial charge < -0.3 is 14.6 Å². The first-order valence-corrected chi connectivity index (χ1v) is 10.9. The van der Waals surface area contributed by atoms with E-state index in [-0.39, 0.29) is 11.7 Å². The zero-order valence-electron chi connectivity index (χ0n) is 18.1. The van der Waals surface area contributed by atoms with Crippen molar-refractivity contribution in [2.75, 3.05) is 11.1 Å². The molecule has 6 nitrogen and oxygen atoms in total. The Morgan fingerprint density at radius 1 is 1.10 bits per heavy atom. The number of rotatable bonds is 8. The minimum atomic E-state index is -0.0747. The molecule has 3 aromatic rings. The van der Waals surface area contributed by atoms with Gasteiger partial charge in [-0.3, -0.25) is 4.79 Å². The summed E-state index contributed by atoms with van der Waals surface area (Å²) in [6, 6.07) is 14.0. The van der Waals surface area contributed by atoms with Crippen LogP contribution in [0.25, 0.3) is 0 Å². The van der Waals surface area contributed by atoms with Gasteiger partial charge in [0.15, 0.2) is 11.0 Å². The Hall–Kier alpha value is -2.80. The summed E-state index contributed by atoms with van der Waals surface area (Å²) in [5, 5.41) is 12.0. The fourth-order valence-electron chi connectivity index (χ4n) is 2.84. The standard InChI is InChI=1S/C23H28N4O2S/c1-15(2)18-7-10-20(11-8-18)29-13-21-25-26-23(27(21)5)30-14-22(28)24-19-9-6-16(3)17(4)12-19/h6-12,15H,13-14H2,1-5H3,(H,24,28). The highest BCUT2D eigenvalue weighted by atomic mass is 32.2. The molecule has 158 valence electrons. The first-order chi connectivity index (χ1) is 14.3. The lowest BCUT2D eigenvalue weighted by atomic mass is 10.0. The summed E-state index contributed by atoms with van der Waals surface area (Å²) in [5.74, 6) is 2.18. The zero-order chi connectivity index (χ0) is 21.7. The average molecular weight is 425 g/mol. The summed E-state index contributed by atoms with van der Waals surface area (Å²) < 4.78 is 7.69. The molecule has 7 heteroatoms. The second kappa shape index (κ2) is 9.80. The van der Waals surface area contributed by atoms with Gasteiger partial charge in [-0.1, -0.05) is 43.8 Å². The minimum Gasteiger partial charge on any atom is -0.486 e. The summed E-state index contributed by atoms with van der Waals surface area (Å²) in [6.07, 6.45) is 0. The summed E-state index contributed by atoms with van der Waals surface area (Å²) in [7, 11) is 1.88. The maximum Gasteiger partial charge on any atom is 0.234 e. The summed E-state index contributed by atoms with van der Waals surface area (Å²) in [4.78, 5) is 12.3. The number of hydrogen-bond donors (Lipinski definition) is 1. The van der Waals surface area contributed by atoms with Crippen LogP contribution in [0.1, 0.15) is 42.3 Å². The van der Waals surface area contributed by atoms with Gasteiger partial charge >= 0.3 is 0 Å². The molecule has 3 rings (SSSR count). The molecule has 0 aliphatic heterocycles. The average Bonchev–Trinajstić information content (AvgIpc) is 3.07. The van der Waals surface area contributed by atoms with Gasteiger partial charge in [-0.2, -0.15) is 0 Å². The molecule has 0 atom stereocenters. The number of ether oxygens (including phenoxy) is 1. The molecule has 1 heterocycles. The van der Waals surface area contributed by atoms with Crippen molar-refractivity contribution in [1.29, 1.82) is 0 Å². The predicted molar refractivity (Wildman–Crippen MR) is 121 cm³/mol. The monoisotopic (exact) mass is 424 g/mol. The van der Waals surface area contributed by atoms with Gasteiger partial charge in [0.2, 0.25) is 5.91 Å². The van der Waals surface area contributed by atoms with Crippen molar-refractivity contribution in [2.24, 2.45) is 7.05 Å². The Bertz CT molecular complexity index is 1010. The number of aromatic nitrogens is 3. The number of nitrogens with zero attached hydrogens (tertiary/aromatic N) is 3. The van der Waals surface area contributed by atoms with Gasteiger partial charge in [0.05, 0.1) is 5.75 Å². The normalized spacial score (nSPS) is 11.0. The Kier molecular flexibility index (Phi) is 7.15. The maximum atomic E-state index is 12.3. The van der Waals surface area contributed by atoms with E-state index in [1.807, 2.05) is 55.8 Å². The van der Waals surface area contributed by atoms with Crippen molar-refractivity contribution >= 4 is 23.4 Å². The molecule has 0 aliphatic carbocycles. The summed E-state index contributed by atoms with van der Waals surface area (Å²) >= 11 is 1.35. The fourth-order valence-corrected chi connectivity index (χ4v) is 3.57. The molecule has 1 amide bonds. The van der Waals surface area contributed by atoms with E-state index in [0.717, 1.165) is 17.0 Å². The van der Waals surface area contributed by atoms with Crippen LogP contribution in [-0.2, 0) is 18.4 Å². The Labute approximate surface area is 182 Å². The van der Waals surface area contributed by atoms with Crippen LogP contribution in [0.4, 0.5) is 5.69 Å². The van der Waals surface area contributed by atoms with E-state index in [1.54, 1.807) is 0 Å². The van der Waals surface area contributed by atoms with Crippen LogP contribution in [0, 0.1) is 13.8 Å². The number of amides is 1. The molecule has 30 heavy (non-hydrogen) atoms. The molecule has 1 N–H and O–H groups in total. The third-order valence-electron chi connectivity index (χ3n) is 4.96. The molecule has 0 spiro atoms. The summed E-state index contributed by atoms with van der Waals surface area (Å²) in [6.45, 7) is 8.72. The molecule has 0 aliphatic rings. The molecule has 0 fully saturated rings. The van der Waals surface area contributed by atoms with Crippen molar-refractivity contribution in [2.45, 2.75) is 45.4 Å². The molecule has 2 aromatic carbocycles. The van der Waals surface area contributed by atoms with Crippen molar-refractivity contribution in [3.05, 3.63) is 65.0 Å². The molecule has 0 unspecified atom stereocenters. The summed E-state index contributed by atoms with van der Waals surface area (Å²) in [5.41, 5.74) is 4.43. The highest BCUT2D eigenvalue weighted by Crippen LogP contribution is 2.21. The number of anilines is 1. The SMILES string of the molecule is Cc1ccc(NC(=O)CSc2nnc(COc3ccc(C(C)C)cc3)n2C)cc1C. The molecule has 0 radical (unpaired) electrons. The number of thioether (sulfide) groups is 1. The van der Waals surface area contributed by atoms with Gasteiger partial charge in [0.1, 0.15) is 12.4 Å². The Morgan fingerprint density at radius 2 is 1.83 bits per heavy atom. The topological polar surface area (TPSA) is 69.0 Å². The number of aryl methyl sites for hydroxylation is 2. The van der Waals surface area contributed by atoms with E-state index in [9.17, 15) is 4.79 Å². The highest BCUT2D eigenvalue weighted by Gasteiger charge is 2.12. The lowest BCUT2D eigenvalue weighted by molar-refractivity contribution is -0.113. The molecule has 0 saturated carbocycles. The maximum absolute atomic E-state index is 12.3. The van der Waals surface area contributed by atoms with E-state index in [0.29, 0.717) is 23.5 Å². The highest BCUT2D eigenvalue weighted by molar-refractivity contribution is 7.99. The van der Waals surface area contributed by atoms with Crippen LogP contribution in [0.3, 0.4) is 0 Å². The Balaban J connectivity index is 1.52. The van der Waals surface area contributed by atoms with E-state index in [2.05, 4.69) is 41.5 Å². The minimum absolute atomic E-state index is 0.0747. The van der Waals surface area contributed by atoms with E-state index < -0.39 is 0 Å². The van der Waals surface area contributed by atoms with E-state index >= 15 is 0 Å². The van der Waals surface area contributed by atoms with Crippen LogP contribution >= 0.6 is 11.8 Å². The third-order valence-corrected chi connectivity index (χ3v) is 5.98. The van der Waals surface area contributed by atoms with Crippen molar-refractivity contribution < 1.29 is 9.53 Å². The van der Waals surface area contributed by atoms with Crippen molar-refractivity contribution in [1.82, 2.24) is 14.8 Å². The Morgan fingerprint density at radius 3 is 2.50 bits per heavy atom. The van der Waals surface area contributed by atoms with Crippen LogP contribution < -0.4 is 10.1 Å². The van der Waals surface area contributed by atoms with Crippen LogP contribution in [0.5, 0.6) is 5.75 Å². The van der Waals surface area contributed by atoms with E-state index in [4.69, 9.17) is 4.74 Å². The van der Waals surface area contributed by atoms with Crippen LogP contribution in [0.15, 0.2) is 47.6 Å². The second-order valence-corrected chi connectivity index (χ2v) is 8.55. The zero-order valence-corrected chi connectivity index (χ0v) is 18.9. The third kappa shape index (κ3) is 5.63. The molecular formula is C23H28N4O2S. The molecule has 0 bridgehead atoms. The molecule has 0 saturated heterocycles. The largest absolute Gasteiger partial charge is 0.486 e. The van der Waals surface area contributed by atoms with Crippen LogP contribution in [-0.4, -0.2) is 26.4 Å². The smallest absolute Gasteiger partial charge is 0.234 e. The first-order valence-electron chi connectivity index (χ1n) is 9.94. The lowest BCUT2D eigenvalue weighted by Crippen LogP contribution is -2.14. The fraction of sp³-hybridized carbons (Fsp3) is 0.348. The van der Waals surface area contributed by atoms with Gasteiger partial charge in [0, 0.05) is 12.7 Å². The van der Waals surface area contributed by atoms with Crippen LogP contribution in [0.2, 0.25) is 0 Å². The first kappa shape index (κ1) is 21.9. The predicted octanol–water partition coefficient (Wildman–Crippen LogP) is 4.87. The van der Waals surface area contributed by atoms with Gasteiger partial charge in [0.25, 0.3) is 0 Å². The quantitative estimate of drug-likeness (QED) is 0.523. The number of nitrogens with one attached hydrogen (secondary N) is 1.